The second kappa shape index (κ2) is 6.11. The second-order valence-electron chi connectivity index (χ2n) is 6.25. The van der Waals surface area contributed by atoms with Crippen molar-refractivity contribution in [3.63, 3.8) is 0 Å². The Hall–Kier alpha value is -2.62. The average Bonchev–Trinajstić information content (AvgIpc) is 3.45. The highest BCUT2D eigenvalue weighted by molar-refractivity contribution is 5.99. The number of carbonyl (C=O) groups excluding carboxylic acids is 1. The maximum atomic E-state index is 14.0. The largest absolute Gasteiger partial charge is 0.488 e. The van der Waals surface area contributed by atoms with Gasteiger partial charge >= 0.3 is 0 Å². The summed E-state index contributed by atoms with van der Waals surface area (Å²) in [6, 6.07) is 14.5. The molecule has 1 heterocycles. The summed E-state index contributed by atoms with van der Waals surface area (Å²) in [4.78, 5) is 14.7. The number of benzene rings is 2. The molecule has 0 unspecified atom stereocenters. The molecule has 0 radical (unpaired) electrons. The Balaban J connectivity index is 1.59. The number of amides is 1. The van der Waals surface area contributed by atoms with Gasteiger partial charge in [-0.15, -0.1) is 0 Å². The number of fused-ring (bicyclic) bond motifs is 1. The Bertz CT molecular complexity index is 811. The first-order valence-corrected chi connectivity index (χ1v) is 8.19. The van der Waals surface area contributed by atoms with Gasteiger partial charge in [-0.25, -0.2) is 4.39 Å². The Kier molecular flexibility index (Phi) is 3.81. The summed E-state index contributed by atoms with van der Waals surface area (Å²) in [5, 5.41) is 0. The Morgan fingerprint density at radius 3 is 2.67 bits per heavy atom. The number of ether oxygens (including phenoxy) is 1. The van der Waals surface area contributed by atoms with Crippen molar-refractivity contribution in [2.45, 2.75) is 25.4 Å². The lowest BCUT2D eigenvalue weighted by molar-refractivity contribution is -0.128. The molecule has 1 aliphatic heterocycles. The summed E-state index contributed by atoms with van der Waals surface area (Å²) in [5.74, 6) is 0.464. The number of rotatable bonds is 4. The Labute approximate surface area is 140 Å². The third-order valence-corrected chi connectivity index (χ3v) is 4.45. The summed E-state index contributed by atoms with van der Waals surface area (Å²) < 4.78 is 19.7. The number of para-hydroxylation sites is 1. The predicted octanol–water partition coefficient (Wildman–Crippen LogP) is 3.79. The van der Waals surface area contributed by atoms with Crippen molar-refractivity contribution in [1.29, 1.82) is 0 Å². The molecule has 1 amide bonds. The number of carbonyl (C=O) groups is 1. The van der Waals surface area contributed by atoms with E-state index in [1.165, 1.54) is 6.07 Å². The maximum absolute atomic E-state index is 14.0. The van der Waals surface area contributed by atoms with Crippen LogP contribution in [0.5, 0.6) is 5.75 Å². The first kappa shape index (κ1) is 14.9. The van der Waals surface area contributed by atoms with Crippen molar-refractivity contribution < 1.29 is 13.9 Å². The van der Waals surface area contributed by atoms with Gasteiger partial charge in [-0.1, -0.05) is 36.4 Å². The van der Waals surface area contributed by atoms with Gasteiger partial charge in [0.05, 0.1) is 5.57 Å². The first-order valence-electron chi connectivity index (χ1n) is 8.19. The minimum absolute atomic E-state index is 0.0599. The predicted molar refractivity (Wildman–Crippen MR) is 89.9 cm³/mol. The third kappa shape index (κ3) is 2.92. The van der Waals surface area contributed by atoms with Crippen LogP contribution in [0.4, 0.5) is 4.39 Å². The molecule has 2 aliphatic rings. The van der Waals surface area contributed by atoms with Gasteiger partial charge in [-0.2, -0.15) is 0 Å². The van der Waals surface area contributed by atoms with Crippen LogP contribution in [0, 0.1) is 5.82 Å². The molecule has 4 rings (SSSR count). The molecular formula is C20H18FNO2. The van der Waals surface area contributed by atoms with Crippen LogP contribution in [0.15, 0.2) is 54.1 Å². The van der Waals surface area contributed by atoms with Gasteiger partial charge in [0, 0.05) is 23.7 Å². The molecule has 24 heavy (non-hydrogen) atoms. The molecule has 1 saturated carbocycles. The molecule has 122 valence electrons. The zero-order valence-corrected chi connectivity index (χ0v) is 13.2. The summed E-state index contributed by atoms with van der Waals surface area (Å²) in [6.07, 6.45) is 3.84. The molecular weight excluding hydrogens is 305 g/mol. The van der Waals surface area contributed by atoms with Crippen molar-refractivity contribution in [3.8, 4) is 5.75 Å². The average molecular weight is 323 g/mol. The van der Waals surface area contributed by atoms with Crippen LogP contribution in [0.25, 0.3) is 6.08 Å². The fourth-order valence-electron chi connectivity index (χ4n) is 2.99. The SMILES string of the molecule is O=C(C1=Cc2ccccc2OC1)N(Cc1ccccc1F)C1CC1. The van der Waals surface area contributed by atoms with Crippen LogP contribution in [0.2, 0.25) is 0 Å². The van der Waals surface area contributed by atoms with Crippen molar-refractivity contribution in [1.82, 2.24) is 4.90 Å². The minimum atomic E-state index is -0.268. The molecule has 0 N–H and O–H groups in total. The second-order valence-corrected chi connectivity index (χ2v) is 6.25. The molecule has 0 spiro atoms. The molecule has 2 aromatic carbocycles. The quantitative estimate of drug-likeness (QED) is 0.857. The zero-order valence-electron chi connectivity index (χ0n) is 13.2. The maximum Gasteiger partial charge on any atom is 0.253 e. The van der Waals surface area contributed by atoms with Gasteiger partial charge in [0.1, 0.15) is 18.2 Å². The van der Waals surface area contributed by atoms with E-state index in [1.54, 1.807) is 23.1 Å². The van der Waals surface area contributed by atoms with Crippen LogP contribution in [0.1, 0.15) is 24.0 Å². The fourth-order valence-corrected chi connectivity index (χ4v) is 2.99. The normalized spacial score (nSPS) is 16.0. The molecule has 0 bridgehead atoms. The van der Waals surface area contributed by atoms with Crippen LogP contribution >= 0.6 is 0 Å². The van der Waals surface area contributed by atoms with Crippen molar-refractivity contribution in [2.24, 2.45) is 0 Å². The molecule has 1 fully saturated rings. The fraction of sp³-hybridized carbons (Fsp3) is 0.250. The lowest BCUT2D eigenvalue weighted by Crippen LogP contribution is -2.35. The Morgan fingerprint density at radius 1 is 1.12 bits per heavy atom. The van der Waals surface area contributed by atoms with E-state index in [1.807, 2.05) is 30.3 Å². The third-order valence-electron chi connectivity index (χ3n) is 4.45. The molecule has 2 aromatic rings. The molecule has 0 saturated heterocycles. The zero-order chi connectivity index (χ0) is 16.5. The van der Waals surface area contributed by atoms with Gasteiger partial charge in [0.25, 0.3) is 5.91 Å². The van der Waals surface area contributed by atoms with E-state index < -0.39 is 0 Å². The molecule has 3 nitrogen and oxygen atoms in total. The standard InChI is InChI=1S/C20H18FNO2/c21-18-7-3-1-6-15(18)12-22(17-9-10-17)20(23)16-11-14-5-2-4-8-19(14)24-13-16/h1-8,11,17H,9-10,12-13H2. The summed E-state index contributed by atoms with van der Waals surface area (Å²) in [6.45, 7) is 0.561. The minimum Gasteiger partial charge on any atom is -0.488 e. The monoisotopic (exact) mass is 323 g/mol. The number of nitrogens with zero attached hydrogens (tertiary/aromatic N) is 1. The van der Waals surface area contributed by atoms with Gasteiger partial charge in [0.15, 0.2) is 0 Å². The molecule has 4 heteroatoms. The van der Waals surface area contributed by atoms with E-state index in [0.29, 0.717) is 17.7 Å². The van der Waals surface area contributed by atoms with Crippen LogP contribution in [-0.4, -0.2) is 23.5 Å². The lowest BCUT2D eigenvalue weighted by atomic mass is 10.1. The van der Waals surface area contributed by atoms with Crippen LogP contribution in [0.3, 0.4) is 0 Å². The summed E-state index contributed by atoms with van der Waals surface area (Å²) in [7, 11) is 0. The van der Waals surface area contributed by atoms with Gasteiger partial charge in [-0.05, 0) is 31.1 Å². The van der Waals surface area contributed by atoms with Gasteiger partial charge < -0.3 is 9.64 Å². The van der Waals surface area contributed by atoms with Crippen molar-refractivity contribution in [2.75, 3.05) is 6.61 Å². The smallest absolute Gasteiger partial charge is 0.253 e. The number of hydrogen-bond acceptors (Lipinski definition) is 2. The molecule has 0 atom stereocenters. The number of halogens is 1. The van der Waals surface area contributed by atoms with E-state index in [4.69, 9.17) is 4.74 Å². The highest BCUT2D eigenvalue weighted by Crippen LogP contribution is 2.32. The highest BCUT2D eigenvalue weighted by atomic mass is 19.1. The van der Waals surface area contributed by atoms with E-state index in [0.717, 1.165) is 24.2 Å². The van der Waals surface area contributed by atoms with Crippen molar-refractivity contribution in [3.05, 3.63) is 71.0 Å². The number of hydrogen-bond donors (Lipinski definition) is 0. The van der Waals surface area contributed by atoms with Crippen molar-refractivity contribution >= 4 is 12.0 Å². The molecule has 0 aromatic heterocycles. The van der Waals surface area contributed by atoms with E-state index in [9.17, 15) is 9.18 Å². The highest BCUT2D eigenvalue weighted by Gasteiger charge is 2.35. The van der Waals surface area contributed by atoms with E-state index in [-0.39, 0.29) is 24.4 Å². The topological polar surface area (TPSA) is 29.5 Å². The lowest BCUT2D eigenvalue weighted by Gasteiger charge is -2.26. The van der Waals surface area contributed by atoms with Crippen LogP contribution in [-0.2, 0) is 11.3 Å². The van der Waals surface area contributed by atoms with E-state index >= 15 is 0 Å². The first-order chi connectivity index (χ1) is 11.7. The van der Waals surface area contributed by atoms with Gasteiger partial charge in [0.2, 0.25) is 0 Å². The Morgan fingerprint density at radius 2 is 1.88 bits per heavy atom. The van der Waals surface area contributed by atoms with E-state index in [2.05, 4.69) is 0 Å². The van der Waals surface area contributed by atoms with Gasteiger partial charge in [-0.3, -0.25) is 4.79 Å². The molecule has 1 aliphatic carbocycles. The van der Waals surface area contributed by atoms with Crippen LogP contribution < -0.4 is 4.74 Å². The summed E-state index contributed by atoms with van der Waals surface area (Å²) in [5.41, 5.74) is 2.08. The summed E-state index contributed by atoms with van der Waals surface area (Å²) >= 11 is 0.